The molecule has 1 aliphatic carbocycles. The van der Waals surface area contributed by atoms with Crippen molar-refractivity contribution in [2.75, 3.05) is 6.61 Å². The fourth-order valence-electron chi connectivity index (χ4n) is 4.81. The first-order chi connectivity index (χ1) is 12.5. The molecule has 2 saturated heterocycles. The minimum absolute atomic E-state index is 0.232. The van der Waals surface area contributed by atoms with E-state index in [9.17, 15) is 9.50 Å². The van der Waals surface area contributed by atoms with Crippen LogP contribution >= 0.6 is 0 Å². The van der Waals surface area contributed by atoms with Gasteiger partial charge in [-0.3, -0.25) is 0 Å². The van der Waals surface area contributed by atoms with E-state index in [1.54, 1.807) is 0 Å². The Bertz CT molecular complexity index is 461. The van der Waals surface area contributed by atoms with Crippen LogP contribution in [0.3, 0.4) is 0 Å². The van der Waals surface area contributed by atoms with Gasteiger partial charge in [-0.2, -0.15) is 0 Å². The van der Waals surface area contributed by atoms with Crippen molar-refractivity contribution in [3.8, 4) is 0 Å². The zero-order chi connectivity index (χ0) is 18.6. The molecule has 4 nitrogen and oxygen atoms in total. The van der Waals surface area contributed by atoms with Crippen molar-refractivity contribution in [3.63, 3.8) is 0 Å². The van der Waals surface area contributed by atoms with Gasteiger partial charge in [0.15, 0.2) is 12.6 Å². The first-order valence-electron chi connectivity index (χ1n) is 10.5. The molecule has 0 aromatic heterocycles. The SMILES string of the molecule is CCCC[C@@H](F)CC=C(OC1CCCCO1)[C@@]12C[C@@H](C)C[C@H]1CC(O)O2. The van der Waals surface area contributed by atoms with E-state index in [2.05, 4.69) is 13.8 Å². The predicted molar refractivity (Wildman–Crippen MR) is 98.1 cm³/mol. The van der Waals surface area contributed by atoms with Gasteiger partial charge in [-0.1, -0.05) is 26.7 Å². The van der Waals surface area contributed by atoms with E-state index in [0.717, 1.165) is 44.9 Å². The summed E-state index contributed by atoms with van der Waals surface area (Å²) in [5.41, 5.74) is -0.607. The van der Waals surface area contributed by atoms with E-state index in [4.69, 9.17) is 14.2 Å². The number of rotatable bonds is 8. The zero-order valence-electron chi connectivity index (χ0n) is 16.3. The van der Waals surface area contributed by atoms with Crippen molar-refractivity contribution in [2.45, 2.75) is 102 Å². The van der Waals surface area contributed by atoms with Crippen LogP contribution in [0.25, 0.3) is 0 Å². The number of unbranched alkanes of at least 4 members (excludes halogenated alkanes) is 1. The molecule has 0 radical (unpaired) electrons. The number of hydrogen-bond donors (Lipinski definition) is 1. The highest BCUT2D eigenvalue weighted by molar-refractivity contribution is 5.20. The van der Waals surface area contributed by atoms with Crippen LogP contribution in [0.2, 0.25) is 0 Å². The Kier molecular flexibility index (Phi) is 6.98. The van der Waals surface area contributed by atoms with Crippen LogP contribution < -0.4 is 0 Å². The number of ether oxygens (including phenoxy) is 3. The molecule has 1 N–H and O–H groups in total. The van der Waals surface area contributed by atoms with Crippen molar-refractivity contribution in [1.82, 2.24) is 0 Å². The molecule has 2 aliphatic heterocycles. The Balaban J connectivity index is 1.77. The monoisotopic (exact) mass is 370 g/mol. The van der Waals surface area contributed by atoms with Crippen LogP contribution in [-0.2, 0) is 14.2 Å². The van der Waals surface area contributed by atoms with Crippen molar-refractivity contribution in [1.29, 1.82) is 0 Å². The zero-order valence-corrected chi connectivity index (χ0v) is 16.3. The average Bonchev–Trinajstić information content (AvgIpc) is 3.08. The molecule has 150 valence electrons. The van der Waals surface area contributed by atoms with Crippen molar-refractivity contribution in [2.24, 2.45) is 11.8 Å². The number of aliphatic hydroxyl groups excluding tert-OH is 1. The fourth-order valence-corrected chi connectivity index (χ4v) is 4.81. The summed E-state index contributed by atoms with van der Waals surface area (Å²) in [6.07, 6.45) is 8.26. The molecule has 1 saturated carbocycles. The Morgan fingerprint density at radius 3 is 2.96 bits per heavy atom. The third kappa shape index (κ3) is 4.60. The minimum atomic E-state index is -0.860. The normalized spacial score (nSPS) is 39.0. The Labute approximate surface area is 157 Å². The highest BCUT2D eigenvalue weighted by Crippen LogP contribution is 2.54. The lowest BCUT2D eigenvalue weighted by Crippen LogP contribution is -2.38. The highest BCUT2D eigenvalue weighted by Gasteiger charge is 2.57. The number of alkyl halides is 1. The standard InChI is InChI=1S/C21H35FO4/c1-3-4-7-17(22)9-10-18(25-20-8-5-6-11-24-20)21-14-15(2)12-16(21)13-19(23)26-21/h10,15-17,19-20,23H,3-9,11-14H2,1-2H3/t15-,16-,17+,19?,20?,21+/m0/s1. The Hall–Kier alpha value is -0.650. The van der Waals surface area contributed by atoms with Gasteiger partial charge in [0.2, 0.25) is 0 Å². The van der Waals surface area contributed by atoms with Crippen LogP contribution in [0.15, 0.2) is 11.8 Å². The summed E-state index contributed by atoms with van der Waals surface area (Å²) in [4.78, 5) is 0. The van der Waals surface area contributed by atoms with E-state index >= 15 is 0 Å². The average molecular weight is 371 g/mol. The Morgan fingerprint density at radius 2 is 2.23 bits per heavy atom. The summed E-state index contributed by atoms with van der Waals surface area (Å²) in [7, 11) is 0. The molecule has 6 atom stereocenters. The number of hydrogen-bond acceptors (Lipinski definition) is 4. The molecule has 26 heavy (non-hydrogen) atoms. The highest BCUT2D eigenvalue weighted by atomic mass is 19.1. The Morgan fingerprint density at radius 1 is 1.38 bits per heavy atom. The van der Waals surface area contributed by atoms with Crippen molar-refractivity contribution >= 4 is 0 Å². The van der Waals surface area contributed by atoms with E-state index in [1.165, 1.54) is 0 Å². The maximum Gasteiger partial charge on any atom is 0.199 e. The van der Waals surface area contributed by atoms with Crippen LogP contribution in [0.5, 0.6) is 0 Å². The molecule has 0 aromatic carbocycles. The van der Waals surface area contributed by atoms with E-state index < -0.39 is 18.1 Å². The number of halogens is 1. The van der Waals surface area contributed by atoms with Gasteiger partial charge in [0, 0.05) is 25.2 Å². The maximum atomic E-state index is 14.3. The van der Waals surface area contributed by atoms with Crippen LogP contribution in [0.1, 0.15) is 78.1 Å². The van der Waals surface area contributed by atoms with Gasteiger partial charge in [0.05, 0.1) is 6.61 Å². The minimum Gasteiger partial charge on any atom is -0.467 e. The summed E-state index contributed by atoms with van der Waals surface area (Å²) >= 11 is 0. The van der Waals surface area contributed by atoms with Gasteiger partial charge in [-0.15, -0.1) is 0 Å². The topological polar surface area (TPSA) is 47.9 Å². The molecule has 3 fully saturated rings. The maximum absolute atomic E-state index is 14.3. The molecule has 0 amide bonds. The largest absolute Gasteiger partial charge is 0.467 e. The van der Waals surface area contributed by atoms with Gasteiger partial charge in [0.25, 0.3) is 0 Å². The van der Waals surface area contributed by atoms with Gasteiger partial charge < -0.3 is 19.3 Å². The molecular weight excluding hydrogens is 335 g/mol. The molecule has 0 spiro atoms. The number of allylic oxidation sites excluding steroid dienone is 1. The van der Waals surface area contributed by atoms with Crippen LogP contribution in [-0.4, -0.2) is 36.1 Å². The van der Waals surface area contributed by atoms with Gasteiger partial charge in [-0.05, 0) is 44.1 Å². The van der Waals surface area contributed by atoms with E-state index in [0.29, 0.717) is 37.5 Å². The van der Waals surface area contributed by atoms with Crippen molar-refractivity contribution in [3.05, 3.63) is 11.8 Å². The predicted octanol–water partition coefficient (Wildman–Crippen LogP) is 4.86. The first kappa shape index (κ1) is 20.1. The van der Waals surface area contributed by atoms with Crippen molar-refractivity contribution < 1.29 is 23.7 Å². The quantitative estimate of drug-likeness (QED) is 0.620. The molecule has 0 bridgehead atoms. The number of fused-ring (bicyclic) bond motifs is 1. The lowest BCUT2D eigenvalue weighted by atomic mass is 9.88. The summed E-state index contributed by atoms with van der Waals surface area (Å²) in [5.74, 6) is 1.44. The van der Waals surface area contributed by atoms with Crippen LogP contribution in [0.4, 0.5) is 4.39 Å². The van der Waals surface area contributed by atoms with Gasteiger partial charge in [-0.25, -0.2) is 4.39 Å². The summed E-state index contributed by atoms with van der Waals surface area (Å²) in [5, 5.41) is 10.1. The smallest absolute Gasteiger partial charge is 0.199 e. The molecule has 3 rings (SSSR count). The second-order valence-electron chi connectivity index (χ2n) is 8.40. The van der Waals surface area contributed by atoms with Gasteiger partial charge >= 0.3 is 0 Å². The second-order valence-corrected chi connectivity index (χ2v) is 8.40. The second kappa shape index (κ2) is 9.03. The van der Waals surface area contributed by atoms with Gasteiger partial charge in [0.1, 0.15) is 17.5 Å². The molecule has 2 unspecified atom stereocenters. The third-order valence-electron chi connectivity index (χ3n) is 6.07. The lowest BCUT2D eigenvalue weighted by Gasteiger charge is -2.35. The lowest BCUT2D eigenvalue weighted by molar-refractivity contribution is -0.186. The summed E-state index contributed by atoms with van der Waals surface area (Å²) in [6, 6.07) is 0. The summed E-state index contributed by atoms with van der Waals surface area (Å²) < 4.78 is 32.4. The molecule has 3 aliphatic rings. The molecular formula is C21H35FO4. The molecule has 2 heterocycles. The first-order valence-corrected chi connectivity index (χ1v) is 10.5. The number of aliphatic hydroxyl groups is 1. The molecule has 0 aromatic rings. The summed E-state index contributed by atoms with van der Waals surface area (Å²) in [6.45, 7) is 5.00. The molecule has 5 heteroatoms. The third-order valence-corrected chi connectivity index (χ3v) is 6.07. The fraction of sp³-hybridized carbons (Fsp3) is 0.905. The van der Waals surface area contributed by atoms with E-state index in [-0.39, 0.29) is 12.2 Å². The van der Waals surface area contributed by atoms with E-state index in [1.807, 2.05) is 6.08 Å². The van der Waals surface area contributed by atoms with Crippen LogP contribution in [0, 0.1) is 11.8 Å².